The van der Waals surface area contributed by atoms with Crippen molar-refractivity contribution in [1.82, 2.24) is 10.4 Å². The van der Waals surface area contributed by atoms with Crippen LogP contribution in [0.3, 0.4) is 0 Å². The van der Waals surface area contributed by atoms with Crippen molar-refractivity contribution in [2.24, 2.45) is 0 Å². The third-order valence-electron chi connectivity index (χ3n) is 3.91. The van der Waals surface area contributed by atoms with Crippen molar-refractivity contribution >= 4 is 5.91 Å². The Morgan fingerprint density at radius 1 is 1.24 bits per heavy atom. The van der Waals surface area contributed by atoms with E-state index in [2.05, 4.69) is 5.43 Å². The molecule has 1 atom stereocenters. The van der Waals surface area contributed by atoms with Crippen molar-refractivity contribution in [2.45, 2.75) is 51.9 Å². The molecule has 0 saturated carbocycles. The van der Waals surface area contributed by atoms with Gasteiger partial charge in [0.15, 0.2) is 6.04 Å². The van der Waals surface area contributed by atoms with Crippen LogP contribution in [0.2, 0.25) is 0 Å². The van der Waals surface area contributed by atoms with Crippen LogP contribution in [0.15, 0.2) is 18.2 Å². The van der Waals surface area contributed by atoms with Crippen LogP contribution in [0.1, 0.15) is 43.0 Å². The summed E-state index contributed by atoms with van der Waals surface area (Å²) in [7, 11) is 0. The quantitative estimate of drug-likeness (QED) is 0.907. The number of carbonyl (C=O) groups is 1. The van der Waals surface area contributed by atoms with Gasteiger partial charge in [-0.05, 0) is 44.4 Å². The van der Waals surface area contributed by atoms with Crippen LogP contribution < -0.4 is 5.43 Å². The number of carbonyl (C=O) groups excluding carboxylic acids is 1. The summed E-state index contributed by atoms with van der Waals surface area (Å²) in [5, 5.41) is 1.03. The minimum Gasteiger partial charge on any atom is -0.287 e. The molecule has 0 aliphatic carbocycles. The molecule has 0 spiro atoms. The van der Waals surface area contributed by atoms with E-state index in [4.69, 9.17) is 0 Å². The third-order valence-corrected chi connectivity index (χ3v) is 3.91. The number of hydrazine groups is 1. The van der Waals surface area contributed by atoms with Gasteiger partial charge >= 0.3 is 6.18 Å². The third kappa shape index (κ3) is 3.05. The van der Waals surface area contributed by atoms with Crippen molar-refractivity contribution in [3.63, 3.8) is 0 Å². The normalized spacial score (nSPS) is 20.4. The van der Waals surface area contributed by atoms with Crippen LogP contribution in [-0.4, -0.2) is 22.6 Å². The predicted molar refractivity (Wildman–Crippen MR) is 73.4 cm³/mol. The van der Waals surface area contributed by atoms with Crippen molar-refractivity contribution in [3.05, 3.63) is 34.9 Å². The van der Waals surface area contributed by atoms with Crippen LogP contribution >= 0.6 is 0 Å². The van der Waals surface area contributed by atoms with E-state index in [1.807, 2.05) is 6.92 Å². The van der Waals surface area contributed by atoms with Gasteiger partial charge in [-0.2, -0.15) is 18.2 Å². The zero-order valence-corrected chi connectivity index (χ0v) is 12.5. The molecular formula is C15H19F3N2O. The zero-order chi connectivity index (χ0) is 16.0. The Balaban J connectivity index is 2.49. The van der Waals surface area contributed by atoms with Gasteiger partial charge in [-0.25, -0.2) is 0 Å². The lowest BCUT2D eigenvalue weighted by Crippen LogP contribution is -2.51. The molecule has 1 saturated heterocycles. The van der Waals surface area contributed by atoms with Gasteiger partial charge in [0, 0.05) is 12.0 Å². The standard InChI is InChI=1S/C15H19F3N2O/c1-9-5-6-11(7-10(9)2)13(15(16,17)18)20-14(3,4)8-12(21)19-20/h5-7,13H,8H2,1-4H3,(H,19,21). The first-order valence-corrected chi connectivity index (χ1v) is 6.75. The molecule has 1 aromatic carbocycles. The molecule has 1 aliphatic heterocycles. The lowest BCUT2D eigenvalue weighted by molar-refractivity contribution is -0.203. The molecule has 0 radical (unpaired) electrons. The first-order chi connectivity index (χ1) is 9.52. The maximum absolute atomic E-state index is 13.6. The highest BCUT2D eigenvalue weighted by Gasteiger charge is 2.52. The molecule has 2 rings (SSSR count). The largest absolute Gasteiger partial charge is 0.409 e. The maximum atomic E-state index is 13.6. The van der Waals surface area contributed by atoms with E-state index >= 15 is 0 Å². The smallest absolute Gasteiger partial charge is 0.287 e. The summed E-state index contributed by atoms with van der Waals surface area (Å²) in [5.74, 6) is -0.391. The van der Waals surface area contributed by atoms with Crippen LogP contribution in [0.25, 0.3) is 0 Å². The van der Waals surface area contributed by atoms with Crippen molar-refractivity contribution < 1.29 is 18.0 Å². The SMILES string of the molecule is Cc1ccc(C(N2NC(=O)CC2(C)C)C(F)(F)F)cc1C. The molecule has 1 aliphatic rings. The second-order valence-electron chi connectivity index (χ2n) is 6.18. The van der Waals surface area contributed by atoms with Gasteiger partial charge in [-0.3, -0.25) is 10.2 Å². The summed E-state index contributed by atoms with van der Waals surface area (Å²) in [4.78, 5) is 11.5. The molecular weight excluding hydrogens is 281 g/mol. The Bertz CT molecular complexity index is 567. The molecule has 0 aromatic heterocycles. The molecule has 6 heteroatoms. The molecule has 21 heavy (non-hydrogen) atoms. The Morgan fingerprint density at radius 3 is 2.29 bits per heavy atom. The van der Waals surface area contributed by atoms with E-state index in [-0.39, 0.29) is 12.0 Å². The number of aryl methyl sites for hydroxylation is 2. The van der Waals surface area contributed by atoms with Gasteiger partial charge in [0.05, 0.1) is 0 Å². The maximum Gasteiger partial charge on any atom is 0.409 e. The summed E-state index contributed by atoms with van der Waals surface area (Å²) >= 11 is 0. The summed E-state index contributed by atoms with van der Waals surface area (Å²) in [6.07, 6.45) is -4.43. The lowest BCUT2D eigenvalue weighted by Gasteiger charge is -2.38. The second kappa shape index (κ2) is 5.02. The molecule has 0 bridgehead atoms. The van der Waals surface area contributed by atoms with Crippen molar-refractivity contribution in [3.8, 4) is 0 Å². The summed E-state index contributed by atoms with van der Waals surface area (Å²) in [5.41, 5.74) is 3.34. The average Bonchev–Trinajstić information content (AvgIpc) is 2.55. The highest BCUT2D eigenvalue weighted by molar-refractivity contribution is 5.79. The molecule has 3 nitrogen and oxygen atoms in total. The minimum atomic E-state index is -4.48. The number of nitrogens with one attached hydrogen (secondary N) is 1. The molecule has 1 heterocycles. The number of hydrogen-bond acceptors (Lipinski definition) is 2. The molecule has 1 fully saturated rings. The van der Waals surface area contributed by atoms with Gasteiger partial charge in [0.2, 0.25) is 5.91 Å². The number of amides is 1. The number of rotatable bonds is 2. The average molecular weight is 300 g/mol. The molecule has 1 N–H and O–H groups in total. The van der Waals surface area contributed by atoms with Gasteiger partial charge in [-0.1, -0.05) is 18.2 Å². The first-order valence-electron chi connectivity index (χ1n) is 6.75. The minimum absolute atomic E-state index is 0.0461. The van der Waals surface area contributed by atoms with Crippen LogP contribution in [0, 0.1) is 13.8 Å². The van der Waals surface area contributed by atoms with Crippen LogP contribution in [0.4, 0.5) is 13.2 Å². The molecule has 1 unspecified atom stereocenters. The highest BCUT2D eigenvalue weighted by atomic mass is 19.4. The highest BCUT2D eigenvalue weighted by Crippen LogP contribution is 2.42. The van der Waals surface area contributed by atoms with E-state index in [9.17, 15) is 18.0 Å². The van der Waals surface area contributed by atoms with Gasteiger partial charge < -0.3 is 0 Å². The van der Waals surface area contributed by atoms with E-state index in [0.29, 0.717) is 0 Å². The summed E-state index contributed by atoms with van der Waals surface area (Å²) < 4.78 is 40.7. The van der Waals surface area contributed by atoms with E-state index in [1.165, 1.54) is 12.1 Å². The fourth-order valence-electron chi connectivity index (χ4n) is 2.64. The van der Waals surface area contributed by atoms with Crippen LogP contribution in [-0.2, 0) is 4.79 Å². The zero-order valence-electron chi connectivity index (χ0n) is 12.5. The monoisotopic (exact) mass is 300 g/mol. The van der Waals surface area contributed by atoms with E-state index in [1.54, 1.807) is 26.8 Å². The number of alkyl halides is 3. The predicted octanol–water partition coefficient (Wildman–Crippen LogP) is 3.42. The summed E-state index contributed by atoms with van der Waals surface area (Å²) in [6.45, 7) is 6.89. The van der Waals surface area contributed by atoms with E-state index < -0.39 is 23.7 Å². The first kappa shape index (κ1) is 15.8. The Labute approximate surface area is 122 Å². The summed E-state index contributed by atoms with van der Waals surface area (Å²) in [6, 6.07) is 2.84. The number of nitrogens with zero attached hydrogens (tertiary/aromatic N) is 1. The van der Waals surface area contributed by atoms with Gasteiger partial charge in [-0.15, -0.1) is 0 Å². The Kier molecular flexibility index (Phi) is 3.78. The van der Waals surface area contributed by atoms with Gasteiger partial charge in [0.25, 0.3) is 0 Å². The molecule has 1 aromatic rings. The molecule has 1 amide bonds. The lowest BCUT2D eigenvalue weighted by atomic mass is 9.95. The van der Waals surface area contributed by atoms with Crippen molar-refractivity contribution in [2.75, 3.05) is 0 Å². The number of hydrogen-bond donors (Lipinski definition) is 1. The second-order valence-corrected chi connectivity index (χ2v) is 6.18. The molecule has 116 valence electrons. The Morgan fingerprint density at radius 2 is 1.86 bits per heavy atom. The number of benzene rings is 1. The van der Waals surface area contributed by atoms with Crippen molar-refractivity contribution in [1.29, 1.82) is 0 Å². The van der Waals surface area contributed by atoms with Crippen LogP contribution in [0.5, 0.6) is 0 Å². The fraction of sp³-hybridized carbons (Fsp3) is 0.533. The Hall–Kier alpha value is -1.56. The van der Waals surface area contributed by atoms with Gasteiger partial charge in [0.1, 0.15) is 0 Å². The fourth-order valence-corrected chi connectivity index (χ4v) is 2.64. The number of halogens is 3. The van der Waals surface area contributed by atoms with E-state index in [0.717, 1.165) is 16.1 Å². The topological polar surface area (TPSA) is 32.3 Å².